The maximum absolute atomic E-state index is 6.28. The van der Waals surface area contributed by atoms with E-state index in [1.54, 1.807) is 0 Å². The van der Waals surface area contributed by atoms with E-state index in [2.05, 4.69) is 40.1 Å². The normalized spacial score (nSPS) is 24.5. The number of nitrogens with zero attached hydrogens (tertiary/aromatic N) is 3. The Hall–Kier alpha value is -1.71. The molecule has 2 aromatic rings. The molecule has 0 N–H and O–H groups in total. The highest BCUT2D eigenvalue weighted by molar-refractivity contribution is 6.42. The summed E-state index contributed by atoms with van der Waals surface area (Å²) in [6.45, 7) is 2.92. The largest absolute Gasteiger partial charge is 0.350 e. The van der Waals surface area contributed by atoms with Gasteiger partial charge in [-0.1, -0.05) is 41.4 Å². The monoisotopic (exact) mass is 357 g/mol. The van der Waals surface area contributed by atoms with Crippen LogP contribution in [0.2, 0.25) is 10.0 Å². The van der Waals surface area contributed by atoms with Crippen molar-refractivity contribution in [1.29, 1.82) is 0 Å². The first-order valence-electron chi connectivity index (χ1n) is 8.36. The van der Waals surface area contributed by atoms with E-state index in [0.29, 0.717) is 22.1 Å². The molecular weight excluding hydrogens is 341 g/mol. The molecule has 3 aliphatic heterocycles. The summed E-state index contributed by atoms with van der Waals surface area (Å²) in [5, 5.41) is 1.26. The number of fused-ring (bicyclic) bond motifs is 6. The van der Waals surface area contributed by atoms with Gasteiger partial charge in [-0.05, 0) is 36.2 Å². The number of aliphatic imine (C=N–C) groups is 1. The number of halogens is 2. The Bertz CT molecular complexity index is 848. The second-order valence-electron chi connectivity index (χ2n) is 6.59. The topological polar surface area (TPSA) is 18.8 Å². The van der Waals surface area contributed by atoms with E-state index < -0.39 is 0 Å². The van der Waals surface area contributed by atoms with Crippen LogP contribution in [0.25, 0.3) is 0 Å². The molecule has 2 atom stereocenters. The zero-order chi connectivity index (χ0) is 16.3. The smallest absolute Gasteiger partial charge is 0.134 e. The standard InChI is InChI=1S/C19H17Cl2N3/c20-15-6-5-12(11-16(15)21)13-7-9-23-17-4-2-1-3-14(17)18-22-8-10-24(18)19(13)23/h1-6,11,13,19H,7-10H2. The van der Waals surface area contributed by atoms with Gasteiger partial charge in [0.15, 0.2) is 0 Å². The van der Waals surface area contributed by atoms with Gasteiger partial charge in [-0.15, -0.1) is 0 Å². The molecule has 24 heavy (non-hydrogen) atoms. The summed E-state index contributed by atoms with van der Waals surface area (Å²) in [6, 6.07) is 14.7. The van der Waals surface area contributed by atoms with Gasteiger partial charge in [0.1, 0.15) is 12.0 Å². The zero-order valence-electron chi connectivity index (χ0n) is 13.1. The zero-order valence-corrected chi connectivity index (χ0v) is 14.6. The Morgan fingerprint density at radius 3 is 2.71 bits per heavy atom. The predicted octanol–water partition coefficient (Wildman–Crippen LogP) is 4.39. The molecule has 0 aliphatic carbocycles. The molecule has 0 aromatic heterocycles. The SMILES string of the molecule is Clc1ccc(C2CCN3c4ccccc4C4=NCCN4C23)cc1Cl. The molecule has 5 rings (SSSR count). The van der Waals surface area contributed by atoms with Crippen molar-refractivity contribution in [2.45, 2.75) is 18.5 Å². The predicted molar refractivity (Wildman–Crippen MR) is 99.5 cm³/mol. The summed E-state index contributed by atoms with van der Waals surface area (Å²) < 4.78 is 0. The van der Waals surface area contributed by atoms with Gasteiger partial charge in [-0.2, -0.15) is 0 Å². The lowest BCUT2D eigenvalue weighted by Crippen LogP contribution is -2.53. The van der Waals surface area contributed by atoms with E-state index in [1.165, 1.54) is 16.8 Å². The number of anilines is 1. The summed E-state index contributed by atoms with van der Waals surface area (Å²) >= 11 is 12.4. The fourth-order valence-electron chi connectivity index (χ4n) is 4.38. The molecule has 3 aliphatic rings. The third-order valence-electron chi connectivity index (χ3n) is 5.38. The van der Waals surface area contributed by atoms with E-state index in [9.17, 15) is 0 Å². The highest BCUT2D eigenvalue weighted by Crippen LogP contribution is 2.45. The third-order valence-corrected chi connectivity index (χ3v) is 6.12. The molecule has 1 saturated heterocycles. The Morgan fingerprint density at radius 1 is 0.958 bits per heavy atom. The van der Waals surface area contributed by atoms with Gasteiger partial charge in [0, 0.05) is 30.3 Å². The number of para-hydroxylation sites is 1. The fourth-order valence-corrected chi connectivity index (χ4v) is 4.68. The van der Waals surface area contributed by atoms with Gasteiger partial charge in [-0.25, -0.2) is 0 Å². The van der Waals surface area contributed by atoms with Crippen LogP contribution in [0.4, 0.5) is 5.69 Å². The van der Waals surface area contributed by atoms with Crippen LogP contribution >= 0.6 is 23.2 Å². The second-order valence-corrected chi connectivity index (χ2v) is 7.41. The van der Waals surface area contributed by atoms with Gasteiger partial charge in [0.2, 0.25) is 0 Å². The molecule has 0 spiro atoms. The minimum atomic E-state index is 0.318. The molecular formula is C19H17Cl2N3. The van der Waals surface area contributed by atoms with Crippen molar-refractivity contribution in [2.24, 2.45) is 4.99 Å². The molecule has 0 saturated carbocycles. The molecule has 0 bridgehead atoms. The fraction of sp³-hybridized carbons (Fsp3) is 0.316. The van der Waals surface area contributed by atoms with E-state index in [0.717, 1.165) is 31.9 Å². The first-order valence-corrected chi connectivity index (χ1v) is 9.12. The van der Waals surface area contributed by atoms with Crippen molar-refractivity contribution in [3.8, 4) is 0 Å². The number of hydrogen-bond donors (Lipinski definition) is 0. The van der Waals surface area contributed by atoms with Gasteiger partial charge in [0.05, 0.1) is 16.6 Å². The molecule has 0 radical (unpaired) electrons. The van der Waals surface area contributed by atoms with Crippen LogP contribution in [0.3, 0.4) is 0 Å². The van der Waals surface area contributed by atoms with Crippen molar-refractivity contribution in [3.63, 3.8) is 0 Å². The molecule has 5 heteroatoms. The second kappa shape index (κ2) is 5.40. The minimum Gasteiger partial charge on any atom is -0.350 e. The molecule has 0 amide bonds. The summed E-state index contributed by atoms with van der Waals surface area (Å²) in [5.74, 6) is 1.57. The Labute approximate surface area is 151 Å². The molecule has 2 unspecified atom stereocenters. The number of hydrogen-bond acceptors (Lipinski definition) is 3. The quantitative estimate of drug-likeness (QED) is 0.753. The van der Waals surface area contributed by atoms with Crippen LogP contribution < -0.4 is 4.90 Å². The molecule has 2 aromatic carbocycles. The van der Waals surface area contributed by atoms with Crippen molar-refractivity contribution in [1.82, 2.24) is 4.90 Å². The number of rotatable bonds is 1. The van der Waals surface area contributed by atoms with Crippen LogP contribution in [0.1, 0.15) is 23.5 Å². The first kappa shape index (κ1) is 14.6. The molecule has 1 fully saturated rings. The first-order chi connectivity index (χ1) is 11.7. The van der Waals surface area contributed by atoms with Crippen molar-refractivity contribution >= 4 is 34.7 Å². The van der Waals surface area contributed by atoms with E-state index in [4.69, 9.17) is 28.2 Å². The molecule has 3 nitrogen and oxygen atoms in total. The summed E-state index contributed by atoms with van der Waals surface area (Å²) in [4.78, 5) is 9.80. The number of amidine groups is 1. The number of benzene rings is 2. The highest BCUT2D eigenvalue weighted by Gasteiger charge is 2.46. The lowest BCUT2D eigenvalue weighted by Gasteiger charge is -2.43. The van der Waals surface area contributed by atoms with E-state index >= 15 is 0 Å². The van der Waals surface area contributed by atoms with Crippen LogP contribution in [0, 0.1) is 0 Å². The maximum atomic E-state index is 6.28. The van der Waals surface area contributed by atoms with Gasteiger partial charge in [0.25, 0.3) is 0 Å². The van der Waals surface area contributed by atoms with Crippen LogP contribution in [0.15, 0.2) is 47.5 Å². The van der Waals surface area contributed by atoms with Gasteiger partial charge >= 0.3 is 0 Å². The maximum Gasteiger partial charge on any atom is 0.134 e. The Balaban J connectivity index is 1.61. The average Bonchev–Trinajstić information content (AvgIpc) is 3.24. The van der Waals surface area contributed by atoms with Gasteiger partial charge < -0.3 is 9.80 Å². The summed E-state index contributed by atoms with van der Waals surface area (Å²) in [7, 11) is 0. The van der Waals surface area contributed by atoms with E-state index in [1.807, 2.05) is 12.1 Å². The Morgan fingerprint density at radius 2 is 1.83 bits per heavy atom. The lowest BCUT2D eigenvalue weighted by molar-refractivity contribution is 0.311. The summed E-state index contributed by atoms with van der Waals surface area (Å²) in [5.41, 5.74) is 3.84. The van der Waals surface area contributed by atoms with Crippen LogP contribution in [0.5, 0.6) is 0 Å². The summed E-state index contributed by atoms with van der Waals surface area (Å²) in [6.07, 6.45) is 1.43. The van der Waals surface area contributed by atoms with Crippen molar-refractivity contribution in [3.05, 3.63) is 63.6 Å². The van der Waals surface area contributed by atoms with Crippen LogP contribution in [-0.4, -0.2) is 36.5 Å². The Kier molecular flexibility index (Phi) is 3.29. The van der Waals surface area contributed by atoms with Gasteiger partial charge in [-0.3, -0.25) is 4.99 Å². The third kappa shape index (κ3) is 2.01. The molecule has 3 heterocycles. The lowest BCUT2D eigenvalue weighted by atomic mass is 9.93. The highest BCUT2D eigenvalue weighted by atomic mass is 35.5. The van der Waals surface area contributed by atoms with E-state index in [-0.39, 0.29) is 0 Å². The minimum absolute atomic E-state index is 0.318. The average molecular weight is 358 g/mol. The van der Waals surface area contributed by atoms with Crippen molar-refractivity contribution in [2.75, 3.05) is 24.5 Å². The molecule has 122 valence electrons. The van der Waals surface area contributed by atoms with Crippen molar-refractivity contribution < 1.29 is 0 Å². The van der Waals surface area contributed by atoms with Crippen LogP contribution in [-0.2, 0) is 0 Å².